The highest BCUT2D eigenvalue weighted by Crippen LogP contribution is 2.25. The second-order valence-electron chi connectivity index (χ2n) is 5.04. The van der Waals surface area contributed by atoms with E-state index in [1.54, 1.807) is 6.07 Å². The molecule has 0 aliphatic rings. The van der Waals surface area contributed by atoms with Crippen molar-refractivity contribution in [3.63, 3.8) is 0 Å². The number of nitrogens with two attached hydrogens (primary N) is 1. The molecule has 2 aromatic rings. The summed E-state index contributed by atoms with van der Waals surface area (Å²) in [5, 5.41) is 0.547. The molecule has 0 radical (unpaired) electrons. The second kappa shape index (κ2) is 6.25. The lowest BCUT2D eigenvalue weighted by molar-refractivity contribution is 0.622. The van der Waals surface area contributed by atoms with Crippen LogP contribution >= 0.6 is 11.6 Å². The maximum absolute atomic E-state index is 13.3. The molecule has 1 atom stereocenters. The summed E-state index contributed by atoms with van der Waals surface area (Å²) >= 11 is 6.08. The molecule has 0 aliphatic heterocycles. The summed E-state index contributed by atoms with van der Waals surface area (Å²) in [5.74, 6) is -0.293. The molecule has 0 bridgehead atoms. The molecule has 2 nitrogen and oxygen atoms in total. The summed E-state index contributed by atoms with van der Waals surface area (Å²) in [6.07, 6.45) is 0.507. The van der Waals surface area contributed by atoms with Gasteiger partial charge in [-0.2, -0.15) is 0 Å². The third kappa shape index (κ3) is 3.50. The van der Waals surface area contributed by atoms with Crippen molar-refractivity contribution in [2.24, 2.45) is 5.73 Å². The zero-order valence-electron chi connectivity index (χ0n) is 11.6. The number of anilines is 1. The maximum Gasteiger partial charge on any atom is 0.123 e. The van der Waals surface area contributed by atoms with Crippen LogP contribution in [0.2, 0.25) is 5.02 Å². The molecule has 106 valence electrons. The lowest BCUT2D eigenvalue weighted by Gasteiger charge is -2.17. The molecule has 2 aromatic carbocycles. The lowest BCUT2D eigenvalue weighted by Crippen LogP contribution is -2.15. The number of hydrogen-bond donors (Lipinski definition) is 1. The van der Waals surface area contributed by atoms with Gasteiger partial charge in [0.2, 0.25) is 0 Å². The summed E-state index contributed by atoms with van der Waals surface area (Å²) in [6, 6.07) is 12.2. The largest absolute Gasteiger partial charge is 0.378 e. The van der Waals surface area contributed by atoms with Gasteiger partial charge < -0.3 is 10.6 Å². The van der Waals surface area contributed by atoms with Crippen LogP contribution in [-0.2, 0) is 6.42 Å². The van der Waals surface area contributed by atoms with Gasteiger partial charge in [0.1, 0.15) is 5.82 Å². The molecule has 0 heterocycles. The fraction of sp³-hybridized carbons (Fsp3) is 0.250. The molecule has 4 heteroatoms. The van der Waals surface area contributed by atoms with Crippen molar-refractivity contribution in [3.05, 3.63) is 64.4 Å². The molecular weight excluding hydrogens is 275 g/mol. The highest BCUT2D eigenvalue weighted by Gasteiger charge is 2.11. The monoisotopic (exact) mass is 292 g/mol. The van der Waals surface area contributed by atoms with Crippen LogP contribution in [0.5, 0.6) is 0 Å². The average molecular weight is 293 g/mol. The van der Waals surface area contributed by atoms with E-state index in [0.29, 0.717) is 11.4 Å². The zero-order valence-corrected chi connectivity index (χ0v) is 12.4. The highest BCUT2D eigenvalue weighted by molar-refractivity contribution is 6.31. The van der Waals surface area contributed by atoms with E-state index in [2.05, 4.69) is 0 Å². The first-order valence-corrected chi connectivity index (χ1v) is 6.82. The predicted molar refractivity (Wildman–Crippen MR) is 82.8 cm³/mol. The van der Waals surface area contributed by atoms with Gasteiger partial charge in [0.05, 0.1) is 0 Å². The number of rotatable bonds is 4. The van der Waals surface area contributed by atoms with E-state index in [4.69, 9.17) is 17.3 Å². The van der Waals surface area contributed by atoms with Crippen LogP contribution in [0, 0.1) is 5.82 Å². The number of hydrogen-bond acceptors (Lipinski definition) is 2. The maximum atomic E-state index is 13.3. The Kier molecular flexibility index (Phi) is 4.63. The minimum Gasteiger partial charge on any atom is -0.378 e. The van der Waals surface area contributed by atoms with E-state index in [9.17, 15) is 4.39 Å². The fourth-order valence-electron chi connectivity index (χ4n) is 2.09. The Balaban J connectivity index is 2.21. The minimum absolute atomic E-state index is 0.214. The fourth-order valence-corrected chi connectivity index (χ4v) is 2.28. The average Bonchev–Trinajstić information content (AvgIpc) is 2.43. The Morgan fingerprint density at radius 1 is 1.20 bits per heavy atom. The standard InChI is InChI=1S/C16H18ClFN2/c1-20(2)14-5-3-4-11(9-14)16(19)10-12-8-13(18)6-7-15(12)17/h3-9,16H,10,19H2,1-2H3. The van der Waals surface area contributed by atoms with Gasteiger partial charge in [-0.15, -0.1) is 0 Å². The van der Waals surface area contributed by atoms with Gasteiger partial charge in [0.15, 0.2) is 0 Å². The van der Waals surface area contributed by atoms with Crippen molar-refractivity contribution >= 4 is 17.3 Å². The summed E-state index contributed by atoms with van der Waals surface area (Å²) in [6.45, 7) is 0. The topological polar surface area (TPSA) is 29.3 Å². The molecular formula is C16H18ClFN2. The first-order valence-electron chi connectivity index (χ1n) is 6.44. The molecule has 0 saturated carbocycles. The molecule has 1 unspecified atom stereocenters. The van der Waals surface area contributed by atoms with Gasteiger partial charge in [-0.05, 0) is 47.9 Å². The Hall–Kier alpha value is -1.58. The Labute approximate surface area is 124 Å². The Morgan fingerprint density at radius 3 is 2.65 bits per heavy atom. The van der Waals surface area contributed by atoms with E-state index < -0.39 is 0 Å². The number of benzene rings is 2. The van der Waals surface area contributed by atoms with Crippen LogP contribution in [0.15, 0.2) is 42.5 Å². The van der Waals surface area contributed by atoms with Crippen LogP contribution in [0.25, 0.3) is 0 Å². The predicted octanol–water partition coefficient (Wildman–Crippen LogP) is 3.79. The first-order chi connectivity index (χ1) is 9.47. The third-order valence-corrected chi connectivity index (χ3v) is 3.63. The van der Waals surface area contributed by atoms with E-state index in [0.717, 1.165) is 16.8 Å². The molecule has 0 saturated heterocycles. The van der Waals surface area contributed by atoms with Gasteiger partial charge in [-0.3, -0.25) is 0 Å². The van der Waals surface area contributed by atoms with E-state index in [-0.39, 0.29) is 11.9 Å². The van der Waals surface area contributed by atoms with E-state index in [1.807, 2.05) is 43.3 Å². The molecule has 0 fully saturated rings. The minimum atomic E-state index is -0.293. The summed E-state index contributed by atoms with van der Waals surface area (Å²) < 4.78 is 13.3. The highest BCUT2D eigenvalue weighted by atomic mass is 35.5. The van der Waals surface area contributed by atoms with Crippen molar-refractivity contribution in [1.29, 1.82) is 0 Å². The SMILES string of the molecule is CN(C)c1cccc(C(N)Cc2cc(F)ccc2Cl)c1. The van der Waals surface area contributed by atoms with E-state index >= 15 is 0 Å². The molecule has 2 rings (SSSR count). The third-order valence-electron chi connectivity index (χ3n) is 3.26. The van der Waals surface area contributed by atoms with Gasteiger partial charge in [-0.25, -0.2) is 4.39 Å². The molecule has 2 N–H and O–H groups in total. The summed E-state index contributed by atoms with van der Waals surface area (Å²) in [5.41, 5.74) is 9.04. The molecule has 0 amide bonds. The summed E-state index contributed by atoms with van der Waals surface area (Å²) in [7, 11) is 3.96. The summed E-state index contributed by atoms with van der Waals surface area (Å²) in [4.78, 5) is 2.02. The first kappa shape index (κ1) is 14.8. The molecule has 0 aliphatic carbocycles. The Bertz CT molecular complexity index is 599. The van der Waals surface area contributed by atoms with E-state index in [1.165, 1.54) is 12.1 Å². The van der Waals surface area contributed by atoms with Crippen molar-refractivity contribution in [1.82, 2.24) is 0 Å². The second-order valence-corrected chi connectivity index (χ2v) is 5.44. The number of halogens is 2. The van der Waals surface area contributed by atoms with Crippen molar-refractivity contribution < 1.29 is 4.39 Å². The molecule has 20 heavy (non-hydrogen) atoms. The van der Waals surface area contributed by atoms with Crippen LogP contribution < -0.4 is 10.6 Å². The van der Waals surface area contributed by atoms with Crippen LogP contribution in [-0.4, -0.2) is 14.1 Å². The van der Waals surface area contributed by atoms with Crippen molar-refractivity contribution in [2.75, 3.05) is 19.0 Å². The van der Waals surface area contributed by atoms with Gasteiger partial charge in [-0.1, -0.05) is 23.7 Å². The Morgan fingerprint density at radius 2 is 1.95 bits per heavy atom. The van der Waals surface area contributed by atoms with Crippen LogP contribution in [0.3, 0.4) is 0 Å². The van der Waals surface area contributed by atoms with Gasteiger partial charge in [0, 0.05) is 30.8 Å². The lowest BCUT2D eigenvalue weighted by atomic mass is 9.99. The zero-order chi connectivity index (χ0) is 14.7. The number of nitrogens with zero attached hydrogens (tertiary/aromatic N) is 1. The smallest absolute Gasteiger partial charge is 0.123 e. The molecule has 0 aromatic heterocycles. The van der Waals surface area contributed by atoms with Crippen molar-refractivity contribution in [2.45, 2.75) is 12.5 Å². The van der Waals surface area contributed by atoms with Gasteiger partial charge in [0.25, 0.3) is 0 Å². The van der Waals surface area contributed by atoms with Crippen LogP contribution in [0.4, 0.5) is 10.1 Å². The van der Waals surface area contributed by atoms with Gasteiger partial charge >= 0.3 is 0 Å². The normalized spacial score (nSPS) is 12.2. The molecule has 0 spiro atoms. The van der Waals surface area contributed by atoms with Crippen molar-refractivity contribution in [3.8, 4) is 0 Å². The quantitative estimate of drug-likeness (QED) is 0.929. The van der Waals surface area contributed by atoms with Crippen LogP contribution in [0.1, 0.15) is 17.2 Å².